The minimum atomic E-state index is -2.95. The van der Waals surface area contributed by atoms with E-state index in [0.717, 1.165) is 10.6 Å². The molecule has 0 amide bonds. The van der Waals surface area contributed by atoms with Gasteiger partial charge in [-0.25, -0.2) is 0 Å². The zero-order valence-electron chi connectivity index (χ0n) is 11.6. The average Bonchev–Trinajstić information content (AvgIpc) is 2.55. The summed E-state index contributed by atoms with van der Waals surface area (Å²) in [7, 11) is -2.95. The van der Waals surface area contributed by atoms with Gasteiger partial charge >= 0.3 is 0 Å². The van der Waals surface area contributed by atoms with Crippen molar-refractivity contribution in [3.63, 3.8) is 0 Å². The Morgan fingerprint density at radius 2 is 1.38 bits per heavy atom. The van der Waals surface area contributed by atoms with Crippen LogP contribution >= 0.6 is 18.7 Å². The first-order chi connectivity index (χ1) is 10.1. The van der Waals surface area contributed by atoms with Crippen LogP contribution in [0.25, 0.3) is 0 Å². The van der Waals surface area contributed by atoms with Crippen molar-refractivity contribution in [2.45, 2.75) is 0 Å². The van der Waals surface area contributed by atoms with Gasteiger partial charge in [-0.15, -0.1) is 0 Å². The van der Waals surface area contributed by atoms with Crippen molar-refractivity contribution < 1.29 is 4.57 Å². The van der Waals surface area contributed by atoms with E-state index in [1.165, 1.54) is 0 Å². The molecule has 0 N–H and O–H groups in total. The molecule has 0 saturated carbocycles. The van der Waals surface area contributed by atoms with Gasteiger partial charge in [-0.2, -0.15) is 0 Å². The molecule has 0 aliphatic carbocycles. The maximum Gasteiger partial charge on any atom is 0.165 e. The third-order valence-corrected chi connectivity index (χ3v) is 6.38. The van der Waals surface area contributed by atoms with E-state index in [-0.39, 0.29) is 0 Å². The van der Waals surface area contributed by atoms with Crippen molar-refractivity contribution in [2.24, 2.45) is 0 Å². The van der Waals surface area contributed by atoms with E-state index in [4.69, 9.17) is 11.6 Å². The van der Waals surface area contributed by atoms with E-state index in [2.05, 4.69) is 13.2 Å². The molecule has 106 valence electrons. The Morgan fingerprint density at radius 1 is 0.952 bits per heavy atom. The van der Waals surface area contributed by atoms with Gasteiger partial charge in [0.25, 0.3) is 0 Å². The summed E-state index contributed by atoms with van der Waals surface area (Å²) < 4.78 is 13.6. The molecule has 0 saturated heterocycles. The van der Waals surface area contributed by atoms with Gasteiger partial charge in [0.05, 0.1) is 5.03 Å². The van der Waals surface area contributed by atoms with Crippen molar-refractivity contribution >= 4 is 29.4 Å². The van der Waals surface area contributed by atoms with Gasteiger partial charge in [0.15, 0.2) is 7.14 Å². The van der Waals surface area contributed by atoms with Crippen molar-refractivity contribution in [3.05, 3.63) is 96.3 Å². The van der Waals surface area contributed by atoms with Gasteiger partial charge in [0, 0.05) is 16.4 Å². The standard InChI is InChI=1S/C18H16ClOP/c1-3-15(2)18(19)14-21(20,16-10-6-4-7-11-16)17-12-8-5-9-13-17/h3-14H,1-2H2/b18-14+. The highest BCUT2D eigenvalue weighted by atomic mass is 35.5. The molecule has 0 heterocycles. The molecule has 0 aliphatic rings. The van der Waals surface area contributed by atoms with E-state index in [1.807, 2.05) is 60.7 Å². The molecule has 0 atom stereocenters. The van der Waals surface area contributed by atoms with Gasteiger partial charge in [-0.05, 0) is 5.57 Å². The molecule has 0 aromatic heterocycles. The van der Waals surface area contributed by atoms with Crippen LogP contribution in [0.5, 0.6) is 0 Å². The predicted molar refractivity (Wildman–Crippen MR) is 93.0 cm³/mol. The van der Waals surface area contributed by atoms with E-state index in [9.17, 15) is 4.57 Å². The molecule has 0 aliphatic heterocycles. The number of benzene rings is 2. The highest BCUT2D eigenvalue weighted by Crippen LogP contribution is 2.47. The molecule has 1 nitrogen and oxygen atoms in total. The number of rotatable bonds is 5. The minimum absolute atomic E-state index is 0.362. The third kappa shape index (κ3) is 3.44. The molecule has 3 heteroatoms. The summed E-state index contributed by atoms with van der Waals surface area (Å²) in [4.78, 5) is 0. The van der Waals surface area contributed by atoms with Gasteiger partial charge < -0.3 is 4.57 Å². The molecular formula is C18H16ClOP. The van der Waals surface area contributed by atoms with Crippen LogP contribution in [0.1, 0.15) is 0 Å². The summed E-state index contributed by atoms with van der Waals surface area (Å²) in [5, 5.41) is 1.85. The first-order valence-corrected chi connectivity index (χ1v) is 8.64. The summed E-state index contributed by atoms with van der Waals surface area (Å²) in [5.41, 5.74) is 0.559. The molecular weight excluding hydrogens is 299 g/mol. The van der Waals surface area contributed by atoms with Crippen molar-refractivity contribution in [1.82, 2.24) is 0 Å². The molecule has 2 aromatic rings. The quantitative estimate of drug-likeness (QED) is 0.571. The van der Waals surface area contributed by atoms with Gasteiger partial charge in [0.2, 0.25) is 0 Å². The number of allylic oxidation sites excluding steroid dienone is 3. The summed E-state index contributed by atoms with van der Waals surface area (Å²) in [6.45, 7) is 7.45. The van der Waals surface area contributed by atoms with Crippen LogP contribution in [-0.2, 0) is 4.57 Å². The van der Waals surface area contributed by atoms with E-state index < -0.39 is 7.14 Å². The van der Waals surface area contributed by atoms with E-state index in [1.54, 1.807) is 11.9 Å². The van der Waals surface area contributed by atoms with Crippen molar-refractivity contribution in [1.29, 1.82) is 0 Å². The Balaban J connectivity index is 2.64. The van der Waals surface area contributed by atoms with Crippen molar-refractivity contribution in [2.75, 3.05) is 0 Å². The molecule has 21 heavy (non-hydrogen) atoms. The zero-order valence-corrected chi connectivity index (χ0v) is 13.2. The molecule has 0 fully saturated rings. The monoisotopic (exact) mass is 314 g/mol. The van der Waals surface area contributed by atoms with Crippen LogP contribution in [-0.4, -0.2) is 0 Å². The molecule has 2 rings (SSSR count). The normalized spacial score (nSPS) is 12.0. The summed E-state index contributed by atoms with van der Waals surface area (Å²) in [6.07, 6.45) is 1.55. The van der Waals surface area contributed by atoms with Crippen LogP contribution in [0, 0.1) is 0 Å². The first-order valence-electron chi connectivity index (χ1n) is 6.49. The second-order valence-corrected chi connectivity index (χ2v) is 7.55. The predicted octanol–water partition coefficient (Wildman–Crippen LogP) is 4.82. The van der Waals surface area contributed by atoms with Gasteiger partial charge in [-0.3, -0.25) is 0 Å². The van der Waals surface area contributed by atoms with Crippen LogP contribution < -0.4 is 10.6 Å². The number of hydrogen-bond acceptors (Lipinski definition) is 1. The van der Waals surface area contributed by atoms with E-state index in [0.29, 0.717) is 10.6 Å². The second-order valence-electron chi connectivity index (χ2n) is 4.54. The SMILES string of the molecule is C=CC(=C)/C(Cl)=C\P(=O)(c1ccccc1)c1ccccc1. The molecule has 2 aromatic carbocycles. The van der Waals surface area contributed by atoms with Crippen LogP contribution in [0.2, 0.25) is 0 Å². The van der Waals surface area contributed by atoms with Crippen molar-refractivity contribution in [3.8, 4) is 0 Å². The highest BCUT2D eigenvalue weighted by molar-refractivity contribution is 7.81. The molecule has 0 unspecified atom stereocenters. The topological polar surface area (TPSA) is 17.1 Å². The summed E-state index contributed by atoms with van der Waals surface area (Å²) in [5.74, 6) is 1.60. The molecule has 0 spiro atoms. The van der Waals surface area contributed by atoms with Gasteiger partial charge in [-0.1, -0.05) is 91.5 Å². The lowest BCUT2D eigenvalue weighted by Crippen LogP contribution is -2.14. The Kier molecular flexibility index (Phi) is 5.01. The summed E-state index contributed by atoms with van der Waals surface area (Å²) in [6, 6.07) is 18.7. The van der Waals surface area contributed by atoms with Crippen LogP contribution in [0.15, 0.2) is 96.3 Å². The fraction of sp³-hybridized carbons (Fsp3) is 0. The lowest BCUT2D eigenvalue weighted by molar-refractivity contribution is 0.592. The maximum atomic E-state index is 13.6. The Bertz CT molecular complexity index is 674. The van der Waals surface area contributed by atoms with Crippen LogP contribution in [0.4, 0.5) is 0 Å². The number of halogens is 1. The fourth-order valence-electron chi connectivity index (χ4n) is 1.94. The lowest BCUT2D eigenvalue weighted by Gasteiger charge is -2.16. The highest BCUT2D eigenvalue weighted by Gasteiger charge is 2.25. The first kappa shape index (κ1) is 15.6. The van der Waals surface area contributed by atoms with Crippen LogP contribution in [0.3, 0.4) is 0 Å². The zero-order chi connectivity index (χ0) is 15.3. The Morgan fingerprint density at radius 3 is 1.76 bits per heavy atom. The maximum absolute atomic E-state index is 13.6. The minimum Gasteiger partial charge on any atom is -0.309 e. The van der Waals surface area contributed by atoms with Gasteiger partial charge in [0.1, 0.15) is 0 Å². The Labute approximate surface area is 130 Å². The average molecular weight is 315 g/mol. The second kappa shape index (κ2) is 6.76. The smallest absolute Gasteiger partial charge is 0.165 e. The largest absolute Gasteiger partial charge is 0.309 e. The fourth-order valence-corrected chi connectivity index (χ4v) is 4.74. The molecule has 0 radical (unpaired) electrons. The third-order valence-electron chi connectivity index (χ3n) is 3.13. The summed E-state index contributed by atoms with van der Waals surface area (Å²) >= 11 is 6.23. The molecule has 0 bridgehead atoms. The Hall–Kier alpha value is -1.82. The lowest BCUT2D eigenvalue weighted by atomic mass is 10.3. The van der Waals surface area contributed by atoms with E-state index >= 15 is 0 Å². The number of hydrogen-bond donors (Lipinski definition) is 0.